The van der Waals surface area contributed by atoms with Gasteiger partial charge in [0.2, 0.25) is 0 Å². The highest BCUT2D eigenvalue weighted by Crippen LogP contribution is 2.16. The predicted molar refractivity (Wildman–Crippen MR) is 102 cm³/mol. The molecule has 9 nitrogen and oxygen atoms in total. The minimum absolute atomic E-state index is 0.00662. The van der Waals surface area contributed by atoms with Gasteiger partial charge >= 0.3 is 11.9 Å². The highest BCUT2D eigenvalue weighted by Gasteiger charge is 2.23. The van der Waals surface area contributed by atoms with Gasteiger partial charge in [0.1, 0.15) is 17.8 Å². The van der Waals surface area contributed by atoms with Crippen molar-refractivity contribution in [1.29, 1.82) is 0 Å². The van der Waals surface area contributed by atoms with Crippen LogP contribution in [0.1, 0.15) is 20.7 Å². The summed E-state index contributed by atoms with van der Waals surface area (Å²) in [6.45, 7) is 0. The van der Waals surface area contributed by atoms with Gasteiger partial charge in [0.05, 0.1) is 14.2 Å². The summed E-state index contributed by atoms with van der Waals surface area (Å²) in [5.41, 5.74) is -0.146. The van der Waals surface area contributed by atoms with Gasteiger partial charge < -0.3 is 25.2 Å². The van der Waals surface area contributed by atoms with E-state index in [1.54, 1.807) is 0 Å². The Morgan fingerprint density at radius 2 is 1.26 bits per heavy atom. The third-order valence-electron chi connectivity index (χ3n) is 3.39. The van der Waals surface area contributed by atoms with Crippen molar-refractivity contribution in [2.75, 3.05) is 25.7 Å². The van der Waals surface area contributed by atoms with Crippen molar-refractivity contribution in [3.63, 3.8) is 0 Å². The van der Waals surface area contributed by atoms with E-state index >= 15 is 0 Å². The molecular weight excluding hydrogens is 396 g/mol. The van der Waals surface area contributed by atoms with Crippen molar-refractivity contribution in [2.24, 2.45) is 0 Å². The van der Waals surface area contributed by atoms with E-state index in [2.05, 4.69) is 45.4 Å². The Hall–Kier alpha value is -2.40. The van der Waals surface area contributed by atoms with E-state index in [-0.39, 0.29) is 28.4 Å². The number of carbonyl (C=O) groups is 4. The number of nitrogens with one attached hydrogen (secondary N) is 2. The van der Waals surface area contributed by atoms with Gasteiger partial charge in [-0.1, -0.05) is 0 Å². The standard InChI is InChI=1S/C16H20N2O7S2/c1-24-15(22)11(6-26)17-13(20)8-3-9(5-10(19)4-8)14(21)18-12(7-27)16(23)25-2/h3-5,11-12,19,26-27H,6-7H2,1-2H3,(H,17,20)(H,18,21). The van der Waals surface area contributed by atoms with Gasteiger partial charge in [0.25, 0.3) is 11.8 Å². The number of rotatable bonds is 8. The lowest BCUT2D eigenvalue weighted by Gasteiger charge is -2.16. The van der Waals surface area contributed by atoms with Crippen LogP contribution in [-0.2, 0) is 19.1 Å². The molecule has 0 aliphatic carbocycles. The first kappa shape index (κ1) is 22.6. The fraction of sp³-hybridized carbons (Fsp3) is 0.375. The Kier molecular flexibility index (Phi) is 8.95. The second-order valence-corrected chi connectivity index (χ2v) is 5.96. The van der Waals surface area contributed by atoms with Crippen LogP contribution in [0.15, 0.2) is 18.2 Å². The van der Waals surface area contributed by atoms with Gasteiger partial charge in [-0.05, 0) is 18.2 Å². The molecule has 0 aliphatic rings. The molecule has 1 aromatic rings. The third kappa shape index (κ3) is 6.36. The molecule has 1 rings (SSSR count). The monoisotopic (exact) mass is 416 g/mol. The molecule has 2 amide bonds. The summed E-state index contributed by atoms with van der Waals surface area (Å²) < 4.78 is 9.10. The van der Waals surface area contributed by atoms with Crippen molar-refractivity contribution in [1.82, 2.24) is 10.6 Å². The topological polar surface area (TPSA) is 131 Å². The van der Waals surface area contributed by atoms with Crippen LogP contribution in [0.4, 0.5) is 0 Å². The second kappa shape index (κ2) is 10.7. The number of phenols is 1. The zero-order valence-corrected chi connectivity index (χ0v) is 16.4. The average Bonchev–Trinajstić information content (AvgIpc) is 2.67. The molecule has 0 spiro atoms. The molecule has 0 saturated heterocycles. The van der Waals surface area contributed by atoms with Crippen molar-refractivity contribution < 1.29 is 33.8 Å². The summed E-state index contributed by atoms with van der Waals surface area (Å²) in [5.74, 6) is -3.18. The first-order valence-corrected chi connectivity index (χ1v) is 8.87. The maximum atomic E-state index is 12.3. The Balaban J connectivity index is 3.02. The number of aromatic hydroxyl groups is 1. The van der Waals surface area contributed by atoms with E-state index in [0.29, 0.717) is 0 Å². The average molecular weight is 416 g/mol. The van der Waals surface area contributed by atoms with Gasteiger partial charge in [0.15, 0.2) is 0 Å². The Labute approximate surface area is 166 Å². The number of esters is 2. The van der Waals surface area contributed by atoms with Gasteiger partial charge in [0, 0.05) is 22.6 Å². The van der Waals surface area contributed by atoms with Crippen LogP contribution in [0.2, 0.25) is 0 Å². The first-order chi connectivity index (χ1) is 12.8. The Bertz CT molecular complexity index is 670. The number of ether oxygens (including phenoxy) is 2. The van der Waals surface area contributed by atoms with Crippen molar-refractivity contribution in [3.05, 3.63) is 29.3 Å². The van der Waals surface area contributed by atoms with Gasteiger partial charge in [-0.15, -0.1) is 0 Å². The smallest absolute Gasteiger partial charge is 0.329 e. The van der Waals surface area contributed by atoms with Crippen LogP contribution >= 0.6 is 25.3 Å². The van der Waals surface area contributed by atoms with E-state index in [9.17, 15) is 24.3 Å². The van der Waals surface area contributed by atoms with Crippen molar-refractivity contribution in [2.45, 2.75) is 12.1 Å². The van der Waals surface area contributed by atoms with E-state index in [0.717, 1.165) is 12.1 Å². The maximum absolute atomic E-state index is 12.3. The molecule has 0 fully saturated rings. The minimum Gasteiger partial charge on any atom is -0.508 e. The van der Waals surface area contributed by atoms with Crippen LogP contribution in [0.3, 0.4) is 0 Å². The molecule has 2 atom stereocenters. The largest absolute Gasteiger partial charge is 0.508 e. The maximum Gasteiger partial charge on any atom is 0.329 e. The van der Waals surface area contributed by atoms with E-state index in [1.165, 1.54) is 20.3 Å². The van der Waals surface area contributed by atoms with Crippen molar-refractivity contribution >= 4 is 49.0 Å². The van der Waals surface area contributed by atoms with Gasteiger partial charge in [-0.3, -0.25) is 9.59 Å². The molecule has 0 aromatic heterocycles. The number of hydrogen-bond acceptors (Lipinski definition) is 9. The molecule has 27 heavy (non-hydrogen) atoms. The molecule has 0 aliphatic heterocycles. The lowest BCUT2D eigenvalue weighted by Crippen LogP contribution is -2.43. The summed E-state index contributed by atoms with van der Waals surface area (Å²) in [6.07, 6.45) is 0. The fourth-order valence-electron chi connectivity index (χ4n) is 2.00. The number of methoxy groups -OCH3 is 2. The lowest BCUT2D eigenvalue weighted by molar-refractivity contribution is -0.143. The number of phenolic OH excluding ortho intramolecular Hbond substituents is 1. The van der Waals surface area contributed by atoms with Crippen LogP contribution in [-0.4, -0.2) is 66.7 Å². The summed E-state index contributed by atoms with van der Waals surface area (Å²) in [7, 11) is 2.34. The molecule has 0 bridgehead atoms. The quantitative estimate of drug-likeness (QED) is 0.293. The summed E-state index contributed by atoms with van der Waals surface area (Å²) >= 11 is 7.93. The van der Waals surface area contributed by atoms with Crippen LogP contribution in [0.25, 0.3) is 0 Å². The second-order valence-electron chi connectivity index (χ2n) is 5.23. The highest BCUT2D eigenvalue weighted by atomic mass is 32.1. The lowest BCUT2D eigenvalue weighted by atomic mass is 10.1. The fourth-order valence-corrected chi connectivity index (χ4v) is 2.48. The molecule has 3 N–H and O–H groups in total. The molecular formula is C16H20N2O7S2. The SMILES string of the molecule is COC(=O)C(CS)NC(=O)c1cc(O)cc(C(=O)NC(CS)C(=O)OC)c1. The molecule has 0 saturated carbocycles. The van der Waals surface area contributed by atoms with E-state index < -0.39 is 35.8 Å². The summed E-state index contributed by atoms with van der Waals surface area (Å²) in [5, 5.41) is 14.6. The Morgan fingerprint density at radius 1 is 0.889 bits per heavy atom. The number of thiol groups is 2. The number of amides is 2. The Morgan fingerprint density at radius 3 is 1.56 bits per heavy atom. The molecule has 0 heterocycles. The molecule has 148 valence electrons. The highest BCUT2D eigenvalue weighted by molar-refractivity contribution is 7.80. The number of carbonyl (C=O) groups excluding carboxylic acids is 4. The third-order valence-corrected chi connectivity index (χ3v) is 4.12. The van der Waals surface area contributed by atoms with Crippen LogP contribution in [0, 0.1) is 0 Å². The van der Waals surface area contributed by atoms with Crippen LogP contribution < -0.4 is 10.6 Å². The van der Waals surface area contributed by atoms with Crippen molar-refractivity contribution in [3.8, 4) is 5.75 Å². The molecule has 0 radical (unpaired) electrons. The normalized spacial score (nSPS) is 12.4. The summed E-state index contributed by atoms with van der Waals surface area (Å²) in [6, 6.07) is 1.44. The zero-order chi connectivity index (χ0) is 20.6. The van der Waals surface area contributed by atoms with Crippen LogP contribution in [0.5, 0.6) is 5.75 Å². The van der Waals surface area contributed by atoms with Gasteiger partial charge in [-0.2, -0.15) is 25.3 Å². The number of hydrogen-bond donors (Lipinski definition) is 5. The minimum atomic E-state index is -1.00. The van der Waals surface area contributed by atoms with Gasteiger partial charge in [-0.25, -0.2) is 9.59 Å². The molecule has 1 aromatic carbocycles. The predicted octanol–water partition coefficient (Wildman–Crippen LogP) is -0.205. The number of benzene rings is 1. The summed E-state index contributed by atoms with van der Waals surface area (Å²) in [4.78, 5) is 47.7. The first-order valence-electron chi connectivity index (χ1n) is 7.60. The van der Waals surface area contributed by atoms with E-state index in [4.69, 9.17) is 0 Å². The van der Waals surface area contributed by atoms with E-state index in [1.807, 2.05) is 0 Å². The molecule has 2 unspecified atom stereocenters. The zero-order valence-electron chi connectivity index (χ0n) is 14.6. The molecule has 11 heteroatoms.